The highest BCUT2D eigenvalue weighted by atomic mass is 32.1. The van der Waals surface area contributed by atoms with Gasteiger partial charge in [-0.25, -0.2) is 8.75 Å². The standard InChI is InChI=1S/C19H18F2N2O2S/c1-19(20,21)25-16-9-7-15(8-10-16)13-17-22-18(24)23(26-17)12-11-14-5-3-2-4-6-14/h2-10H,11-13H2,1H3. The number of hydrogen-bond donors (Lipinski definition) is 0. The lowest BCUT2D eigenvalue weighted by molar-refractivity contribution is -0.158. The van der Waals surface area contributed by atoms with Gasteiger partial charge in [-0.3, -0.25) is 0 Å². The van der Waals surface area contributed by atoms with Gasteiger partial charge in [0.05, 0.1) is 0 Å². The maximum Gasteiger partial charge on any atom is 0.394 e. The Bertz CT molecular complexity index is 900. The zero-order chi connectivity index (χ0) is 18.6. The molecule has 1 aromatic heterocycles. The first-order valence-electron chi connectivity index (χ1n) is 8.16. The van der Waals surface area contributed by atoms with Gasteiger partial charge in [0.15, 0.2) is 0 Å². The van der Waals surface area contributed by atoms with Gasteiger partial charge in [0, 0.05) is 19.9 Å². The van der Waals surface area contributed by atoms with E-state index in [1.807, 2.05) is 30.3 Å². The first-order valence-corrected chi connectivity index (χ1v) is 8.93. The molecular weight excluding hydrogens is 358 g/mol. The van der Waals surface area contributed by atoms with Crippen LogP contribution in [0.4, 0.5) is 8.78 Å². The summed E-state index contributed by atoms with van der Waals surface area (Å²) in [5, 5.41) is 0.692. The van der Waals surface area contributed by atoms with Crippen LogP contribution in [0.1, 0.15) is 23.1 Å². The molecule has 7 heteroatoms. The molecule has 0 aliphatic heterocycles. The van der Waals surface area contributed by atoms with Crippen LogP contribution in [-0.4, -0.2) is 15.0 Å². The minimum Gasteiger partial charge on any atom is -0.433 e. The zero-order valence-corrected chi connectivity index (χ0v) is 15.0. The molecule has 4 nitrogen and oxygen atoms in total. The van der Waals surface area contributed by atoms with E-state index in [0.717, 1.165) is 17.5 Å². The number of aromatic nitrogens is 2. The summed E-state index contributed by atoms with van der Waals surface area (Å²) in [4.78, 5) is 16.1. The van der Waals surface area contributed by atoms with Crippen LogP contribution in [-0.2, 0) is 19.4 Å². The third-order valence-corrected chi connectivity index (χ3v) is 4.68. The van der Waals surface area contributed by atoms with Gasteiger partial charge in [0.1, 0.15) is 10.8 Å². The van der Waals surface area contributed by atoms with Crippen LogP contribution < -0.4 is 10.4 Å². The molecule has 0 N–H and O–H groups in total. The SMILES string of the molecule is CC(F)(F)Oc1ccc(Cc2nc(=O)n(CCc3ccccc3)s2)cc1. The molecule has 0 amide bonds. The van der Waals surface area contributed by atoms with Crippen molar-refractivity contribution in [3.05, 3.63) is 81.2 Å². The molecule has 136 valence electrons. The summed E-state index contributed by atoms with van der Waals surface area (Å²) in [6.07, 6.45) is -1.97. The van der Waals surface area contributed by atoms with Crippen molar-refractivity contribution in [1.82, 2.24) is 8.94 Å². The zero-order valence-electron chi connectivity index (χ0n) is 14.2. The van der Waals surface area contributed by atoms with E-state index < -0.39 is 6.11 Å². The average Bonchev–Trinajstić information content (AvgIpc) is 2.94. The van der Waals surface area contributed by atoms with Crippen LogP contribution in [0.5, 0.6) is 5.75 Å². The van der Waals surface area contributed by atoms with E-state index in [0.29, 0.717) is 24.9 Å². The van der Waals surface area contributed by atoms with Crippen LogP contribution in [0.15, 0.2) is 59.4 Å². The van der Waals surface area contributed by atoms with E-state index in [2.05, 4.69) is 9.72 Å². The van der Waals surface area contributed by atoms with Gasteiger partial charge in [0.25, 0.3) is 0 Å². The van der Waals surface area contributed by atoms with Crippen molar-refractivity contribution < 1.29 is 13.5 Å². The van der Waals surface area contributed by atoms with Crippen molar-refractivity contribution in [2.45, 2.75) is 32.4 Å². The number of halogens is 2. The van der Waals surface area contributed by atoms with Crippen LogP contribution >= 0.6 is 11.5 Å². The number of nitrogens with zero attached hydrogens (tertiary/aromatic N) is 2. The normalized spacial score (nSPS) is 11.5. The Hall–Kier alpha value is -2.54. The maximum atomic E-state index is 12.8. The highest BCUT2D eigenvalue weighted by Crippen LogP contribution is 2.22. The molecule has 0 saturated heterocycles. The molecule has 3 rings (SSSR count). The highest BCUT2D eigenvalue weighted by molar-refractivity contribution is 7.06. The molecule has 0 unspecified atom stereocenters. The number of hydrogen-bond acceptors (Lipinski definition) is 4. The van der Waals surface area contributed by atoms with Crippen molar-refractivity contribution in [3.63, 3.8) is 0 Å². The van der Waals surface area contributed by atoms with Crippen molar-refractivity contribution >= 4 is 11.5 Å². The van der Waals surface area contributed by atoms with E-state index in [9.17, 15) is 13.6 Å². The molecule has 0 aliphatic rings. The number of alkyl halides is 2. The molecule has 0 radical (unpaired) electrons. The van der Waals surface area contributed by atoms with Crippen LogP contribution in [0.3, 0.4) is 0 Å². The molecule has 1 heterocycles. The Kier molecular flexibility index (Phi) is 5.46. The third kappa shape index (κ3) is 5.23. The topological polar surface area (TPSA) is 44.1 Å². The van der Waals surface area contributed by atoms with Crippen LogP contribution in [0.25, 0.3) is 0 Å². The minimum absolute atomic E-state index is 0.0998. The monoisotopic (exact) mass is 376 g/mol. The average molecular weight is 376 g/mol. The van der Waals surface area contributed by atoms with E-state index in [1.54, 1.807) is 16.1 Å². The summed E-state index contributed by atoms with van der Waals surface area (Å²) in [5.74, 6) is 0.0998. The Morgan fingerprint density at radius 2 is 1.77 bits per heavy atom. The summed E-state index contributed by atoms with van der Waals surface area (Å²) in [7, 11) is 0. The Labute approximate surface area is 153 Å². The summed E-state index contributed by atoms with van der Waals surface area (Å²) in [5.41, 5.74) is 1.78. The minimum atomic E-state index is -3.21. The Morgan fingerprint density at radius 1 is 1.08 bits per heavy atom. The predicted molar refractivity (Wildman–Crippen MR) is 97.0 cm³/mol. The van der Waals surface area contributed by atoms with Gasteiger partial charge in [-0.15, -0.1) is 0 Å². The van der Waals surface area contributed by atoms with E-state index in [1.165, 1.54) is 23.7 Å². The van der Waals surface area contributed by atoms with E-state index >= 15 is 0 Å². The number of rotatable bonds is 7. The summed E-state index contributed by atoms with van der Waals surface area (Å²) >= 11 is 1.33. The Morgan fingerprint density at radius 3 is 2.42 bits per heavy atom. The fourth-order valence-corrected chi connectivity index (χ4v) is 3.40. The van der Waals surface area contributed by atoms with Gasteiger partial charge >= 0.3 is 11.8 Å². The van der Waals surface area contributed by atoms with E-state index in [4.69, 9.17) is 0 Å². The highest BCUT2D eigenvalue weighted by Gasteiger charge is 2.22. The summed E-state index contributed by atoms with van der Waals surface area (Å²) in [6, 6.07) is 16.3. The molecule has 0 spiro atoms. The molecule has 0 saturated carbocycles. The van der Waals surface area contributed by atoms with Gasteiger partial charge in [-0.05, 0) is 41.2 Å². The second-order valence-corrected chi connectivity index (χ2v) is 7.04. The number of aryl methyl sites for hydroxylation is 2. The molecule has 0 fully saturated rings. The first-order chi connectivity index (χ1) is 12.4. The van der Waals surface area contributed by atoms with Crippen molar-refractivity contribution in [3.8, 4) is 5.75 Å². The fourth-order valence-electron chi connectivity index (χ4n) is 2.49. The third-order valence-electron chi connectivity index (χ3n) is 3.67. The van der Waals surface area contributed by atoms with Crippen molar-refractivity contribution in [1.29, 1.82) is 0 Å². The lowest BCUT2D eigenvalue weighted by atomic mass is 10.1. The van der Waals surface area contributed by atoms with Crippen LogP contribution in [0.2, 0.25) is 0 Å². The van der Waals surface area contributed by atoms with Crippen molar-refractivity contribution in [2.24, 2.45) is 0 Å². The molecule has 26 heavy (non-hydrogen) atoms. The second kappa shape index (κ2) is 7.78. The Balaban J connectivity index is 1.63. The quantitative estimate of drug-likeness (QED) is 0.623. The van der Waals surface area contributed by atoms with Crippen molar-refractivity contribution in [2.75, 3.05) is 0 Å². The lowest BCUT2D eigenvalue weighted by Crippen LogP contribution is -2.18. The molecule has 0 aliphatic carbocycles. The summed E-state index contributed by atoms with van der Waals surface area (Å²) < 4.78 is 31.8. The van der Waals surface area contributed by atoms with Gasteiger partial charge in [0.2, 0.25) is 0 Å². The number of benzene rings is 2. The maximum absolute atomic E-state index is 12.8. The first kappa shape index (κ1) is 18.3. The van der Waals surface area contributed by atoms with Crippen LogP contribution in [0, 0.1) is 0 Å². The molecule has 2 aromatic carbocycles. The fraction of sp³-hybridized carbons (Fsp3) is 0.263. The molecular formula is C19H18F2N2O2S. The van der Waals surface area contributed by atoms with Gasteiger partial charge < -0.3 is 4.74 Å². The van der Waals surface area contributed by atoms with Gasteiger partial charge in [-0.1, -0.05) is 42.5 Å². The lowest BCUT2D eigenvalue weighted by Gasteiger charge is -2.12. The van der Waals surface area contributed by atoms with Gasteiger partial charge in [-0.2, -0.15) is 13.8 Å². The molecule has 0 atom stereocenters. The second-order valence-electron chi connectivity index (χ2n) is 5.95. The number of ether oxygens (including phenoxy) is 1. The molecule has 0 bridgehead atoms. The smallest absolute Gasteiger partial charge is 0.394 e. The molecule has 3 aromatic rings. The summed E-state index contributed by atoms with van der Waals surface area (Å²) in [6.45, 7) is 1.28. The largest absolute Gasteiger partial charge is 0.433 e. The van der Waals surface area contributed by atoms with E-state index in [-0.39, 0.29) is 11.4 Å². The predicted octanol–water partition coefficient (Wildman–Crippen LogP) is 4.13.